The summed E-state index contributed by atoms with van der Waals surface area (Å²) in [5, 5.41) is 3.94. The fourth-order valence-electron chi connectivity index (χ4n) is 2.06. The fourth-order valence-corrected chi connectivity index (χ4v) is 2.51. The van der Waals surface area contributed by atoms with Gasteiger partial charge in [-0.25, -0.2) is 0 Å². The molecule has 0 spiro atoms. The van der Waals surface area contributed by atoms with Gasteiger partial charge in [0.15, 0.2) is 0 Å². The summed E-state index contributed by atoms with van der Waals surface area (Å²) < 4.78 is 11.3. The topological polar surface area (TPSA) is 29.1 Å². The summed E-state index contributed by atoms with van der Waals surface area (Å²) >= 11 is 0. The lowest BCUT2D eigenvalue weighted by Gasteiger charge is -2.23. The van der Waals surface area contributed by atoms with Crippen molar-refractivity contribution in [1.29, 1.82) is 0 Å². The van der Waals surface area contributed by atoms with E-state index in [2.05, 4.69) is 39.9 Å². The van der Waals surface area contributed by atoms with Crippen LogP contribution in [0.3, 0.4) is 0 Å². The highest BCUT2D eigenvalue weighted by molar-refractivity contribution is 7.84. The van der Waals surface area contributed by atoms with Crippen LogP contribution in [0.25, 0.3) is 0 Å². The lowest BCUT2D eigenvalue weighted by Crippen LogP contribution is -2.34. The van der Waals surface area contributed by atoms with Crippen molar-refractivity contribution < 1.29 is 4.21 Å². The van der Waals surface area contributed by atoms with Gasteiger partial charge < -0.3 is 5.32 Å². The molecule has 0 bridgehead atoms. The largest absolute Gasteiger partial charge is 0.314 e. The smallest absolute Gasteiger partial charge is 0.0329 e. The molecule has 2 atom stereocenters. The van der Waals surface area contributed by atoms with E-state index in [-0.39, 0.29) is 0 Å². The molecule has 0 saturated heterocycles. The molecule has 0 fully saturated rings. The Morgan fingerprint density at radius 3 is 1.82 bits per heavy atom. The fraction of sp³-hybridized carbons (Fsp3) is 1.00. The number of rotatable bonds is 9. The van der Waals surface area contributed by atoms with Crippen molar-refractivity contribution >= 4 is 10.8 Å². The van der Waals surface area contributed by atoms with Crippen LogP contribution in [-0.2, 0) is 10.8 Å². The average molecular weight is 261 g/mol. The van der Waals surface area contributed by atoms with Crippen molar-refractivity contribution in [3.05, 3.63) is 0 Å². The van der Waals surface area contributed by atoms with Gasteiger partial charge in [0.1, 0.15) is 0 Å². The molecule has 0 amide bonds. The molecule has 0 aromatic heterocycles. The minimum Gasteiger partial charge on any atom is -0.314 e. The second-order valence-corrected chi connectivity index (χ2v) is 7.81. The number of hydrogen-bond acceptors (Lipinski definition) is 2. The molecule has 0 aliphatic carbocycles. The van der Waals surface area contributed by atoms with Gasteiger partial charge in [-0.1, -0.05) is 34.6 Å². The van der Waals surface area contributed by atoms with Crippen LogP contribution in [-0.4, -0.2) is 28.3 Å². The Labute approximate surface area is 110 Å². The van der Waals surface area contributed by atoms with Gasteiger partial charge in [-0.2, -0.15) is 0 Å². The predicted molar refractivity (Wildman–Crippen MR) is 78.8 cm³/mol. The molecule has 0 aliphatic rings. The predicted octanol–water partition coefficient (Wildman–Crippen LogP) is 3.19. The molecule has 0 heterocycles. The first kappa shape index (κ1) is 17.1. The molecule has 0 saturated carbocycles. The van der Waals surface area contributed by atoms with Crippen molar-refractivity contribution in [2.75, 3.05) is 12.8 Å². The van der Waals surface area contributed by atoms with E-state index < -0.39 is 10.8 Å². The molecular formula is C14H31NOS. The molecule has 104 valence electrons. The molecule has 17 heavy (non-hydrogen) atoms. The minimum atomic E-state index is -0.687. The zero-order chi connectivity index (χ0) is 13.4. The first-order valence-corrected chi connectivity index (χ1v) is 8.50. The maximum Gasteiger partial charge on any atom is 0.0329 e. The van der Waals surface area contributed by atoms with Gasteiger partial charge in [0.2, 0.25) is 0 Å². The van der Waals surface area contributed by atoms with Crippen molar-refractivity contribution in [3.8, 4) is 0 Å². The molecule has 0 aliphatic heterocycles. The number of hydrogen-bond donors (Lipinski definition) is 1. The molecular weight excluding hydrogens is 230 g/mol. The van der Waals surface area contributed by atoms with E-state index in [1.54, 1.807) is 6.26 Å². The van der Waals surface area contributed by atoms with Crippen LogP contribution in [0.15, 0.2) is 0 Å². The van der Waals surface area contributed by atoms with Crippen LogP contribution in [0.5, 0.6) is 0 Å². The van der Waals surface area contributed by atoms with Crippen molar-refractivity contribution in [3.63, 3.8) is 0 Å². The highest BCUT2D eigenvalue weighted by Gasteiger charge is 2.13. The number of nitrogens with one attached hydrogen (secondary N) is 1. The monoisotopic (exact) mass is 261 g/mol. The lowest BCUT2D eigenvalue weighted by molar-refractivity contribution is 0.358. The Hall–Kier alpha value is 0.110. The summed E-state index contributed by atoms with van der Waals surface area (Å²) in [4.78, 5) is 0. The highest BCUT2D eigenvalue weighted by Crippen LogP contribution is 2.13. The molecule has 1 N–H and O–H groups in total. The molecule has 2 nitrogen and oxygen atoms in total. The summed E-state index contributed by atoms with van der Waals surface area (Å²) in [5.41, 5.74) is 0. The van der Waals surface area contributed by atoms with Crippen molar-refractivity contribution in [1.82, 2.24) is 5.32 Å². The van der Waals surface area contributed by atoms with Gasteiger partial charge in [0.05, 0.1) is 0 Å². The molecule has 0 radical (unpaired) electrons. The van der Waals surface area contributed by atoms with Gasteiger partial charge in [0, 0.05) is 28.3 Å². The summed E-state index contributed by atoms with van der Waals surface area (Å²) in [7, 11) is -0.687. The average Bonchev–Trinajstić information content (AvgIpc) is 2.14. The Morgan fingerprint density at radius 2 is 1.47 bits per heavy atom. The van der Waals surface area contributed by atoms with E-state index in [1.165, 1.54) is 12.8 Å². The highest BCUT2D eigenvalue weighted by atomic mass is 32.2. The Bertz CT molecular complexity index is 206. The van der Waals surface area contributed by atoms with E-state index in [1.807, 2.05) is 0 Å². The lowest BCUT2D eigenvalue weighted by atomic mass is 9.95. The first-order chi connectivity index (χ1) is 7.82. The normalized spacial score (nSPS) is 15.8. The van der Waals surface area contributed by atoms with Gasteiger partial charge >= 0.3 is 0 Å². The SMILES string of the molecule is CC(C)CC(CC(C)C)NCCC(C)S(C)=O. The second kappa shape index (κ2) is 9.09. The Balaban J connectivity index is 3.94. The van der Waals surface area contributed by atoms with Crippen LogP contribution >= 0.6 is 0 Å². The molecule has 0 aromatic carbocycles. The maximum absolute atomic E-state index is 11.3. The Morgan fingerprint density at radius 1 is 1.00 bits per heavy atom. The standard InChI is InChI=1S/C14H31NOS/c1-11(2)9-14(10-12(3)4)15-8-7-13(5)17(6)16/h11-15H,7-10H2,1-6H3. The van der Waals surface area contributed by atoms with E-state index in [0.717, 1.165) is 24.8 Å². The van der Waals surface area contributed by atoms with E-state index in [9.17, 15) is 4.21 Å². The Kier molecular flexibility index (Phi) is 9.15. The van der Waals surface area contributed by atoms with E-state index >= 15 is 0 Å². The molecule has 0 rings (SSSR count). The molecule has 2 unspecified atom stereocenters. The van der Waals surface area contributed by atoms with Crippen LogP contribution in [0.4, 0.5) is 0 Å². The van der Waals surface area contributed by atoms with Crippen molar-refractivity contribution in [2.24, 2.45) is 11.8 Å². The summed E-state index contributed by atoms with van der Waals surface area (Å²) in [5.74, 6) is 1.48. The van der Waals surface area contributed by atoms with Gasteiger partial charge in [-0.3, -0.25) is 4.21 Å². The minimum absolute atomic E-state index is 0.307. The second-order valence-electron chi connectivity index (χ2n) is 6.01. The third kappa shape index (κ3) is 9.78. The van der Waals surface area contributed by atoms with E-state index in [0.29, 0.717) is 11.3 Å². The van der Waals surface area contributed by atoms with Crippen LogP contribution < -0.4 is 5.32 Å². The summed E-state index contributed by atoms with van der Waals surface area (Å²) in [6.45, 7) is 12.2. The third-order valence-electron chi connectivity index (χ3n) is 3.06. The zero-order valence-electron chi connectivity index (χ0n) is 12.5. The summed E-state index contributed by atoms with van der Waals surface area (Å²) in [6.07, 6.45) is 5.28. The van der Waals surface area contributed by atoms with Gasteiger partial charge in [-0.05, 0) is 37.6 Å². The third-order valence-corrected chi connectivity index (χ3v) is 4.43. The molecule has 3 heteroatoms. The van der Waals surface area contributed by atoms with Crippen LogP contribution in [0.2, 0.25) is 0 Å². The van der Waals surface area contributed by atoms with Gasteiger partial charge in [-0.15, -0.1) is 0 Å². The van der Waals surface area contributed by atoms with Crippen LogP contribution in [0.1, 0.15) is 53.9 Å². The first-order valence-electron chi connectivity index (χ1n) is 6.88. The van der Waals surface area contributed by atoms with Crippen molar-refractivity contribution in [2.45, 2.75) is 65.2 Å². The van der Waals surface area contributed by atoms with E-state index in [4.69, 9.17) is 0 Å². The quantitative estimate of drug-likeness (QED) is 0.690. The maximum atomic E-state index is 11.3. The van der Waals surface area contributed by atoms with Gasteiger partial charge in [0.25, 0.3) is 0 Å². The molecule has 0 aromatic rings. The van der Waals surface area contributed by atoms with Crippen LogP contribution in [0, 0.1) is 11.8 Å². The summed E-state index contributed by atoms with van der Waals surface area (Å²) in [6, 6.07) is 0.618. The zero-order valence-corrected chi connectivity index (χ0v) is 13.3.